The van der Waals surface area contributed by atoms with Gasteiger partial charge in [-0.05, 0) is 24.6 Å². The van der Waals surface area contributed by atoms with E-state index in [0.717, 1.165) is 16.1 Å². The predicted molar refractivity (Wildman–Crippen MR) is 143 cm³/mol. The van der Waals surface area contributed by atoms with Gasteiger partial charge in [-0.25, -0.2) is 13.4 Å². The van der Waals surface area contributed by atoms with Gasteiger partial charge in [-0.2, -0.15) is 4.31 Å². The fourth-order valence-electron chi connectivity index (χ4n) is 3.72. The van der Waals surface area contributed by atoms with Gasteiger partial charge in [0, 0.05) is 37.1 Å². The van der Waals surface area contributed by atoms with Gasteiger partial charge in [-0.15, -0.1) is 28.3 Å². The molecule has 0 unspecified atom stereocenters. The second kappa shape index (κ2) is 11.9. The van der Waals surface area contributed by atoms with Gasteiger partial charge in [0.25, 0.3) is 0 Å². The number of aromatic nitrogens is 1. The molecule has 0 N–H and O–H groups in total. The second-order valence-electron chi connectivity index (χ2n) is 7.46. The van der Waals surface area contributed by atoms with Gasteiger partial charge in [0.2, 0.25) is 10.0 Å². The third kappa shape index (κ3) is 5.76. The fourth-order valence-corrected chi connectivity index (χ4v) is 6.35. The van der Waals surface area contributed by atoms with Crippen LogP contribution in [-0.2, 0) is 21.3 Å². The summed E-state index contributed by atoms with van der Waals surface area (Å²) in [5.41, 5.74) is 2.45. The largest absolute Gasteiger partial charge is 0.495 e. The maximum absolute atomic E-state index is 12.9. The Labute approximate surface area is 224 Å². The molecule has 8 nitrogen and oxygen atoms in total. The first-order valence-corrected chi connectivity index (χ1v) is 13.4. The Bertz CT molecular complexity index is 1330. The Morgan fingerprint density at radius 3 is 2.34 bits per heavy atom. The Balaban J connectivity index is 0.00000342. The smallest absolute Gasteiger partial charge is 0.243 e. The van der Waals surface area contributed by atoms with Gasteiger partial charge in [0.15, 0.2) is 4.80 Å². The zero-order valence-corrected chi connectivity index (χ0v) is 23.7. The van der Waals surface area contributed by atoms with E-state index in [4.69, 9.17) is 30.8 Å². The van der Waals surface area contributed by atoms with Crippen molar-refractivity contribution in [3.8, 4) is 22.8 Å². The van der Waals surface area contributed by atoms with E-state index in [0.29, 0.717) is 55.1 Å². The van der Waals surface area contributed by atoms with Crippen molar-refractivity contribution in [2.75, 3.05) is 40.5 Å². The van der Waals surface area contributed by atoms with E-state index in [1.807, 2.05) is 24.4 Å². The lowest BCUT2D eigenvalue weighted by atomic mass is 10.2. The highest BCUT2D eigenvalue weighted by Gasteiger charge is 2.26. The molecule has 0 aliphatic carbocycles. The molecular formula is C23H27BrClN3O5S2. The zero-order valence-electron chi connectivity index (χ0n) is 19.6. The van der Waals surface area contributed by atoms with Crippen molar-refractivity contribution in [2.24, 2.45) is 4.99 Å². The van der Waals surface area contributed by atoms with E-state index in [1.165, 1.54) is 15.6 Å². The van der Waals surface area contributed by atoms with Crippen LogP contribution in [0, 0.1) is 0 Å². The minimum atomic E-state index is -3.54. The molecule has 12 heteroatoms. The van der Waals surface area contributed by atoms with Crippen molar-refractivity contribution in [3.05, 3.63) is 51.6 Å². The molecule has 1 fully saturated rings. The lowest BCUT2D eigenvalue weighted by molar-refractivity contribution is 0.0730. The molecule has 3 aromatic rings. The number of hydrogen-bond acceptors (Lipinski definition) is 7. The summed E-state index contributed by atoms with van der Waals surface area (Å²) < 4.78 is 45.4. The minimum Gasteiger partial charge on any atom is -0.495 e. The summed E-state index contributed by atoms with van der Waals surface area (Å²) >= 11 is 7.71. The van der Waals surface area contributed by atoms with Crippen molar-refractivity contribution in [1.82, 2.24) is 8.87 Å². The van der Waals surface area contributed by atoms with Crippen molar-refractivity contribution < 1.29 is 22.6 Å². The molecule has 0 spiro atoms. The summed E-state index contributed by atoms with van der Waals surface area (Å²) in [4.78, 5) is 5.85. The van der Waals surface area contributed by atoms with E-state index in [2.05, 4.69) is 4.57 Å². The molecule has 1 aliphatic rings. The minimum absolute atomic E-state index is 0. The van der Waals surface area contributed by atoms with E-state index in [1.54, 1.807) is 38.5 Å². The number of sulfonamides is 1. The molecule has 190 valence electrons. The summed E-state index contributed by atoms with van der Waals surface area (Å²) in [6.45, 7) is 4.28. The summed E-state index contributed by atoms with van der Waals surface area (Å²) in [6.07, 6.45) is 0. The molecular weight excluding hydrogens is 578 g/mol. The number of ether oxygens (including phenoxy) is 3. The number of nitrogens with zero attached hydrogens (tertiary/aromatic N) is 3. The van der Waals surface area contributed by atoms with Crippen LogP contribution in [0.4, 0.5) is 5.69 Å². The third-order valence-electron chi connectivity index (χ3n) is 5.54. The van der Waals surface area contributed by atoms with Crippen LogP contribution in [-0.4, -0.2) is 57.8 Å². The molecule has 2 aromatic carbocycles. The summed E-state index contributed by atoms with van der Waals surface area (Å²) in [7, 11) is -0.418. The van der Waals surface area contributed by atoms with Gasteiger partial charge >= 0.3 is 0 Å². The summed E-state index contributed by atoms with van der Waals surface area (Å²) in [5.74, 6) is 1.05. The first kappa shape index (κ1) is 27.7. The maximum atomic E-state index is 12.9. The van der Waals surface area contributed by atoms with Gasteiger partial charge in [-0.1, -0.05) is 23.7 Å². The highest BCUT2D eigenvalue weighted by atomic mass is 79.9. The zero-order chi connectivity index (χ0) is 24.3. The SMILES string of the molecule is Br.CCn1c(-c2ccc(S(=O)(=O)N3CCOCC3)cc2)csc1=Nc1cc(OC)c(Cl)cc1OC. The molecule has 1 aliphatic heterocycles. The Morgan fingerprint density at radius 2 is 1.74 bits per heavy atom. The van der Waals surface area contributed by atoms with Crippen LogP contribution >= 0.6 is 39.9 Å². The van der Waals surface area contributed by atoms with Crippen LogP contribution in [0.15, 0.2) is 51.7 Å². The maximum Gasteiger partial charge on any atom is 0.243 e. The topological polar surface area (TPSA) is 82.4 Å². The van der Waals surface area contributed by atoms with Crippen molar-refractivity contribution in [2.45, 2.75) is 18.4 Å². The van der Waals surface area contributed by atoms with Crippen molar-refractivity contribution in [1.29, 1.82) is 0 Å². The van der Waals surface area contributed by atoms with Crippen LogP contribution in [0.2, 0.25) is 5.02 Å². The van der Waals surface area contributed by atoms with Crippen LogP contribution in [0.1, 0.15) is 6.92 Å². The molecule has 0 bridgehead atoms. The van der Waals surface area contributed by atoms with Crippen LogP contribution in [0.25, 0.3) is 11.3 Å². The lowest BCUT2D eigenvalue weighted by Gasteiger charge is -2.26. The summed E-state index contributed by atoms with van der Waals surface area (Å²) in [5, 5.41) is 2.45. The van der Waals surface area contributed by atoms with Gasteiger partial charge in [0.1, 0.15) is 17.2 Å². The highest BCUT2D eigenvalue weighted by molar-refractivity contribution is 8.93. The average molecular weight is 605 g/mol. The van der Waals surface area contributed by atoms with E-state index < -0.39 is 10.0 Å². The molecule has 0 radical (unpaired) electrons. The number of morpholine rings is 1. The average Bonchev–Trinajstić information content (AvgIpc) is 3.27. The number of benzene rings is 2. The molecule has 0 atom stereocenters. The first-order valence-electron chi connectivity index (χ1n) is 10.7. The number of thiazole rings is 1. The predicted octanol–water partition coefficient (Wildman–Crippen LogP) is 4.74. The van der Waals surface area contributed by atoms with Gasteiger partial charge in [-0.3, -0.25) is 0 Å². The number of halogens is 2. The Hall–Kier alpha value is -1.89. The van der Waals surface area contributed by atoms with E-state index >= 15 is 0 Å². The van der Waals surface area contributed by atoms with E-state index in [9.17, 15) is 8.42 Å². The second-order valence-corrected chi connectivity index (χ2v) is 10.6. The standard InChI is InChI=1S/C23H26ClN3O5S2.BrH/c1-4-27-20(15-33-23(27)25-19-14-21(30-2)18(24)13-22(19)31-3)16-5-7-17(8-6-16)34(28,29)26-9-11-32-12-10-26;/h5-8,13-15H,4,9-12H2,1-3H3;1H. The molecule has 35 heavy (non-hydrogen) atoms. The normalized spacial score (nSPS) is 15.0. The number of rotatable bonds is 7. The van der Waals surface area contributed by atoms with Crippen molar-refractivity contribution in [3.63, 3.8) is 0 Å². The molecule has 0 saturated carbocycles. The third-order valence-corrected chi connectivity index (χ3v) is 8.61. The molecule has 1 saturated heterocycles. The molecule has 1 aromatic heterocycles. The monoisotopic (exact) mass is 603 g/mol. The van der Waals surface area contributed by atoms with Crippen LogP contribution in [0.5, 0.6) is 11.5 Å². The summed E-state index contributed by atoms with van der Waals surface area (Å²) in [6, 6.07) is 10.4. The Morgan fingerprint density at radius 1 is 1.09 bits per heavy atom. The molecule has 4 rings (SSSR count). The number of hydrogen-bond donors (Lipinski definition) is 0. The quantitative estimate of drug-likeness (QED) is 0.389. The first-order chi connectivity index (χ1) is 16.4. The number of methoxy groups -OCH3 is 2. The van der Waals surface area contributed by atoms with Gasteiger partial charge in [0.05, 0.1) is 43.0 Å². The van der Waals surface area contributed by atoms with Crippen LogP contribution < -0.4 is 14.3 Å². The highest BCUT2D eigenvalue weighted by Crippen LogP contribution is 2.37. The lowest BCUT2D eigenvalue weighted by Crippen LogP contribution is -2.40. The van der Waals surface area contributed by atoms with Crippen LogP contribution in [0.3, 0.4) is 0 Å². The fraction of sp³-hybridized carbons (Fsp3) is 0.348. The molecule has 2 heterocycles. The Kier molecular flexibility index (Phi) is 9.41. The molecule has 0 amide bonds. The van der Waals surface area contributed by atoms with Gasteiger partial charge < -0.3 is 18.8 Å². The van der Waals surface area contributed by atoms with E-state index in [-0.39, 0.29) is 21.9 Å². The van der Waals surface area contributed by atoms with Crippen molar-refractivity contribution >= 4 is 55.6 Å².